The van der Waals surface area contributed by atoms with E-state index in [-0.39, 0.29) is 0 Å². The van der Waals surface area contributed by atoms with E-state index in [1.807, 2.05) is 54.6 Å². The fraction of sp³-hybridized carbons (Fsp3) is 0.556. The highest BCUT2D eigenvalue weighted by molar-refractivity contribution is 5.52. The van der Waals surface area contributed by atoms with Crippen LogP contribution in [-0.4, -0.2) is 90.6 Å². The summed E-state index contributed by atoms with van der Waals surface area (Å²) in [5.41, 5.74) is 2.72. The maximum Gasteiger partial charge on any atom is 0.184 e. The second kappa shape index (κ2) is 15.7. The Kier molecular flexibility index (Phi) is 12.4. The summed E-state index contributed by atoms with van der Waals surface area (Å²) in [6.07, 6.45) is -3.62. The molecule has 1 saturated heterocycles. The minimum Gasteiger partial charge on any atom is -0.394 e. The Morgan fingerprint density at radius 3 is 2.19 bits per heavy atom. The number of aliphatic hydroxyl groups excluding tert-OH is 4. The summed E-state index contributed by atoms with van der Waals surface area (Å²) in [5, 5.41) is 47.5. The third kappa shape index (κ3) is 9.11. The van der Waals surface area contributed by atoms with Crippen LogP contribution in [-0.2, 0) is 14.2 Å². The van der Waals surface area contributed by atoms with Crippen molar-refractivity contribution in [2.24, 2.45) is 10.2 Å². The standard InChI is InChI=1S/C27H39N3O7/c1-2-30(22-13-11-21(12-14-22)29-28-20-9-5-3-6-10-20)15-18-35-16-7-4-8-17-36-26-24(32)23(19-31)37-27(34)25(26)33/h3,5-6,9-14,23-27,31-34H,2,4,7-8,15-19H2,1H3/t23-,24-,25-,26+,27-/m1/s1. The molecular weight excluding hydrogens is 478 g/mol. The lowest BCUT2D eigenvalue weighted by molar-refractivity contribution is -0.294. The third-order valence-electron chi connectivity index (χ3n) is 6.22. The quantitative estimate of drug-likeness (QED) is 0.209. The van der Waals surface area contributed by atoms with Gasteiger partial charge in [-0.25, -0.2) is 0 Å². The normalized spacial score (nSPS) is 24.0. The Labute approximate surface area is 218 Å². The topological polar surface area (TPSA) is 137 Å². The van der Waals surface area contributed by atoms with Crippen LogP contribution in [0.15, 0.2) is 64.8 Å². The highest BCUT2D eigenvalue weighted by atomic mass is 16.6. The number of rotatable bonds is 15. The van der Waals surface area contributed by atoms with Gasteiger partial charge in [0, 0.05) is 32.0 Å². The van der Waals surface area contributed by atoms with Gasteiger partial charge in [0.2, 0.25) is 0 Å². The van der Waals surface area contributed by atoms with Gasteiger partial charge in [-0.3, -0.25) is 0 Å². The number of hydrogen-bond acceptors (Lipinski definition) is 10. The zero-order valence-corrected chi connectivity index (χ0v) is 21.3. The molecule has 0 amide bonds. The van der Waals surface area contributed by atoms with Crippen molar-refractivity contribution in [1.29, 1.82) is 0 Å². The van der Waals surface area contributed by atoms with E-state index in [0.29, 0.717) is 19.8 Å². The van der Waals surface area contributed by atoms with Crippen molar-refractivity contribution >= 4 is 17.1 Å². The van der Waals surface area contributed by atoms with Gasteiger partial charge < -0.3 is 39.5 Å². The molecule has 10 heteroatoms. The number of hydrogen-bond donors (Lipinski definition) is 4. The van der Waals surface area contributed by atoms with Gasteiger partial charge in [-0.1, -0.05) is 18.2 Å². The van der Waals surface area contributed by atoms with Crippen LogP contribution in [0.4, 0.5) is 17.1 Å². The first kappa shape index (κ1) is 29.1. The van der Waals surface area contributed by atoms with Crippen LogP contribution in [0, 0.1) is 0 Å². The van der Waals surface area contributed by atoms with Crippen LogP contribution in [0.3, 0.4) is 0 Å². The first-order valence-corrected chi connectivity index (χ1v) is 12.8. The fourth-order valence-corrected chi connectivity index (χ4v) is 4.05. The van der Waals surface area contributed by atoms with Crippen LogP contribution in [0.25, 0.3) is 0 Å². The van der Waals surface area contributed by atoms with Crippen LogP contribution in [0.1, 0.15) is 26.2 Å². The molecule has 3 rings (SSSR count). The fourth-order valence-electron chi connectivity index (χ4n) is 4.05. The molecule has 0 bridgehead atoms. The lowest BCUT2D eigenvalue weighted by atomic mass is 9.99. The lowest BCUT2D eigenvalue weighted by Gasteiger charge is -2.39. The van der Waals surface area contributed by atoms with Crippen LogP contribution >= 0.6 is 0 Å². The number of ether oxygens (including phenoxy) is 3. The van der Waals surface area contributed by atoms with Gasteiger partial charge in [0.25, 0.3) is 0 Å². The number of azo groups is 1. The summed E-state index contributed by atoms with van der Waals surface area (Å²) < 4.78 is 16.3. The third-order valence-corrected chi connectivity index (χ3v) is 6.22. The van der Waals surface area contributed by atoms with E-state index in [4.69, 9.17) is 14.2 Å². The van der Waals surface area contributed by atoms with Crippen molar-refractivity contribution in [1.82, 2.24) is 0 Å². The summed E-state index contributed by atoms with van der Waals surface area (Å²) in [5.74, 6) is 0. The average molecular weight is 518 g/mol. The van der Waals surface area contributed by atoms with E-state index in [9.17, 15) is 20.4 Å². The van der Waals surface area contributed by atoms with Gasteiger partial charge in [-0.05, 0) is 62.6 Å². The van der Waals surface area contributed by atoms with E-state index < -0.39 is 37.3 Å². The highest BCUT2D eigenvalue weighted by Gasteiger charge is 2.44. The maximum absolute atomic E-state index is 10.1. The van der Waals surface area contributed by atoms with Crippen molar-refractivity contribution < 1.29 is 34.6 Å². The summed E-state index contributed by atoms with van der Waals surface area (Å²) in [4.78, 5) is 2.24. The molecule has 5 atom stereocenters. The molecule has 4 N–H and O–H groups in total. The Bertz CT molecular complexity index is 916. The predicted octanol–water partition coefficient (Wildman–Crippen LogP) is 2.93. The van der Waals surface area contributed by atoms with Gasteiger partial charge in [-0.2, -0.15) is 10.2 Å². The van der Waals surface area contributed by atoms with Crippen molar-refractivity contribution in [3.63, 3.8) is 0 Å². The Morgan fingerprint density at radius 2 is 1.51 bits per heavy atom. The van der Waals surface area contributed by atoms with E-state index in [1.54, 1.807) is 0 Å². The smallest absolute Gasteiger partial charge is 0.184 e. The van der Waals surface area contributed by atoms with Gasteiger partial charge in [0.05, 0.1) is 24.6 Å². The van der Waals surface area contributed by atoms with E-state index in [2.05, 4.69) is 22.1 Å². The maximum atomic E-state index is 10.1. The first-order valence-electron chi connectivity index (χ1n) is 12.8. The molecule has 2 aromatic carbocycles. The van der Waals surface area contributed by atoms with Gasteiger partial charge in [0.1, 0.15) is 24.4 Å². The number of aliphatic hydroxyl groups is 4. The summed E-state index contributed by atoms with van der Waals surface area (Å²) in [7, 11) is 0. The number of benzene rings is 2. The zero-order valence-electron chi connectivity index (χ0n) is 21.3. The largest absolute Gasteiger partial charge is 0.394 e. The zero-order chi connectivity index (χ0) is 26.5. The molecular formula is C27H39N3O7. The van der Waals surface area contributed by atoms with Crippen molar-refractivity contribution in [2.75, 3.05) is 44.4 Å². The monoisotopic (exact) mass is 517 g/mol. The molecule has 0 aromatic heterocycles. The van der Waals surface area contributed by atoms with Crippen LogP contribution in [0.5, 0.6) is 0 Å². The van der Waals surface area contributed by atoms with Gasteiger partial charge >= 0.3 is 0 Å². The highest BCUT2D eigenvalue weighted by Crippen LogP contribution is 2.23. The molecule has 10 nitrogen and oxygen atoms in total. The molecule has 0 aliphatic carbocycles. The summed E-state index contributed by atoms with van der Waals surface area (Å²) in [6, 6.07) is 17.6. The SMILES string of the molecule is CCN(CCOCCCCCO[C@@H]1[C@@H](O)[C@H](O)O[C@H](CO)[C@H]1O)c1ccc(N=Nc2ccccc2)cc1. The van der Waals surface area contributed by atoms with Crippen molar-refractivity contribution in [3.8, 4) is 0 Å². The minimum absolute atomic E-state index is 0.314. The van der Waals surface area contributed by atoms with Crippen molar-refractivity contribution in [3.05, 3.63) is 54.6 Å². The molecule has 2 aromatic rings. The summed E-state index contributed by atoms with van der Waals surface area (Å²) >= 11 is 0. The molecule has 1 fully saturated rings. The van der Waals surface area contributed by atoms with Gasteiger partial charge in [-0.15, -0.1) is 0 Å². The number of unbranched alkanes of at least 4 members (excludes halogenated alkanes) is 2. The number of anilines is 1. The molecule has 0 unspecified atom stereocenters. The van der Waals surface area contributed by atoms with Crippen LogP contribution < -0.4 is 4.90 Å². The molecule has 0 spiro atoms. The second-order valence-corrected chi connectivity index (χ2v) is 8.87. The molecule has 0 radical (unpaired) electrons. The average Bonchev–Trinajstić information content (AvgIpc) is 2.93. The Balaban J connectivity index is 1.28. The molecule has 1 aliphatic rings. The molecule has 204 valence electrons. The summed E-state index contributed by atoms with van der Waals surface area (Å²) in [6.45, 7) is 4.83. The Hall–Kier alpha value is -2.44. The Morgan fingerprint density at radius 1 is 0.838 bits per heavy atom. The molecule has 1 heterocycles. The molecule has 1 aliphatic heterocycles. The van der Waals surface area contributed by atoms with Crippen molar-refractivity contribution in [2.45, 2.75) is 56.9 Å². The minimum atomic E-state index is -1.50. The first-order chi connectivity index (χ1) is 18.0. The van der Waals surface area contributed by atoms with Gasteiger partial charge in [0.15, 0.2) is 6.29 Å². The van der Waals surface area contributed by atoms with E-state index in [1.165, 1.54) is 0 Å². The van der Waals surface area contributed by atoms with E-state index in [0.717, 1.165) is 49.4 Å². The number of nitrogens with zero attached hydrogens (tertiary/aromatic N) is 3. The molecule has 37 heavy (non-hydrogen) atoms. The van der Waals surface area contributed by atoms with Crippen LogP contribution in [0.2, 0.25) is 0 Å². The molecule has 0 saturated carbocycles. The van der Waals surface area contributed by atoms with E-state index >= 15 is 0 Å². The lowest BCUT2D eigenvalue weighted by Crippen LogP contribution is -2.59. The predicted molar refractivity (Wildman–Crippen MR) is 139 cm³/mol. The number of likely N-dealkylation sites (N-methyl/N-ethyl adjacent to an activating group) is 1. The second-order valence-electron chi connectivity index (χ2n) is 8.87.